The van der Waals surface area contributed by atoms with E-state index < -0.39 is 10.8 Å². The summed E-state index contributed by atoms with van der Waals surface area (Å²) in [6.07, 6.45) is 0. The molecule has 0 saturated carbocycles. The number of nitrogens with two attached hydrogens (primary N) is 1. The molecule has 1 amide bonds. The molecule has 0 aliphatic heterocycles. The zero-order valence-corrected chi connectivity index (χ0v) is 11.3. The molecule has 94 valence electrons. The summed E-state index contributed by atoms with van der Waals surface area (Å²) in [6.45, 7) is 2.44. The average Bonchev–Trinajstić information content (AvgIpc) is 2.30. The van der Waals surface area contributed by atoms with Gasteiger partial charge in [0.15, 0.2) is 0 Å². The van der Waals surface area contributed by atoms with Gasteiger partial charge in [-0.1, -0.05) is 11.6 Å². The summed E-state index contributed by atoms with van der Waals surface area (Å²) in [5.41, 5.74) is 6.09. The lowest BCUT2D eigenvalue weighted by molar-refractivity contribution is -0.126. The van der Waals surface area contributed by atoms with Crippen LogP contribution in [0.5, 0.6) is 0 Å². The third kappa shape index (κ3) is 3.71. The Balaban J connectivity index is 2.83. The Morgan fingerprint density at radius 2 is 2.18 bits per heavy atom. The van der Waals surface area contributed by atoms with E-state index in [0.29, 0.717) is 22.2 Å². The van der Waals surface area contributed by atoms with Gasteiger partial charge >= 0.3 is 0 Å². The standard InChI is InChI=1S/C11H15ClN2O2S/c1-3-14(2)11(15)7-17(16)10-6-8(12)4-5-9(10)13/h4-6H,3,7,13H2,1-2H3. The van der Waals surface area contributed by atoms with Crippen molar-refractivity contribution in [3.63, 3.8) is 0 Å². The van der Waals surface area contributed by atoms with E-state index in [1.165, 1.54) is 11.0 Å². The van der Waals surface area contributed by atoms with Crippen molar-refractivity contribution in [2.75, 3.05) is 25.1 Å². The third-order valence-electron chi connectivity index (χ3n) is 2.38. The zero-order chi connectivity index (χ0) is 13.0. The van der Waals surface area contributed by atoms with E-state index in [0.717, 1.165) is 0 Å². The number of hydrogen-bond acceptors (Lipinski definition) is 3. The Morgan fingerprint density at radius 1 is 1.53 bits per heavy atom. The fourth-order valence-corrected chi connectivity index (χ4v) is 2.61. The van der Waals surface area contributed by atoms with Gasteiger partial charge in [0.2, 0.25) is 5.91 Å². The molecule has 17 heavy (non-hydrogen) atoms. The number of nitrogen functional groups attached to an aromatic ring is 1. The lowest BCUT2D eigenvalue weighted by Gasteiger charge is -2.14. The summed E-state index contributed by atoms with van der Waals surface area (Å²) < 4.78 is 12.0. The molecule has 1 unspecified atom stereocenters. The highest BCUT2D eigenvalue weighted by Gasteiger charge is 2.15. The van der Waals surface area contributed by atoms with Gasteiger partial charge in [-0.05, 0) is 25.1 Å². The maximum Gasteiger partial charge on any atom is 0.235 e. The molecule has 6 heteroatoms. The predicted octanol–water partition coefficient (Wildman–Crippen LogP) is 1.51. The van der Waals surface area contributed by atoms with Crippen LogP contribution in [0.1, 0.15) is 6.92 Å². The van der Waals surface area contributed by atoms with Crippen LogP contribution in [0.3, 0.4) is 0 Å². The number of anilines is 1. The van der Waals surface area contributed by atoms with Crippen molar-refractivity contribution in [2.24, 2.45) is 0 Å². The fourth-order valence-electron chi connectivity index (χ4n) is 1.18. The van der Waals surface area contributed by atoms with Crippen LogP contribution in [0.25, 0.3) is 0 Å². The van der Waals surface area contributed by atoms with Gasteiger partial charge in [0.25, 0.3) is 0 Å². The third-order valence-corrected chi connectivity index (χ3v) is 3.96. The van der Waals surface area contributed by atoms with Crippen LogP contribution in [0, 0.1) is 0 Å². The second-order valence-corrected chi connectivity index (χ2v) is 5.44. The Bertz CT molecular complexity index is 451. The fraction of sp³-hybridized carbons (Fsp3) is 0.364. The minimum Gasteiger partial charge on any atom is -0.398 e. The molecular weight excluding hydrogens is 260 g/mol. The van der Waals surface area contributed by atoms with Crippen LogP contribution in [-0.2, 0) is 15.6 Å². The minimum absolute atomic E-state index is 0.0745. The number of carbonyl (C=O) groups excluding carboxylic acids is 1. The molecule has 0 spiro atoms. The number of halogens is 1. The molecule has 0 aromatic heterocycles. The molecule has 0 saturated heterocycles. The van der Waals surface area contributed by atoms with Gasteiger partial charge in [-0.2, -0.15) is 0 Å². The van der Waals surface area contributed by atoms with Crippen LogP contribution in [0.2, 0.25) is 5.02 Å². The summed E-state index contributed by atoms with van der Waals surface area (Å²) in [5, 5.41) is 0.457. The highest BCUT2D eigenvalue weighted by Crippen LogP contribution is 2.21. The average molecular weight is 275 g/mol. The first-order valence-corrected chi connectivity index (χ1v) is 6.82. The minimum atomic E-state index is -1.46. The van der Waals surface area contributed by atoms with E-state index in [4.69, 9.17) is 17.3 Å². The van der Waals surface area contributed by atoms with Crippen molar-refractivity contribution in [2.45, 2.75) is 11.8 Å². The Labute approximate surface area is 108 Å². The molecule has 1 rings (SSSR count). The largest absolute Gasteiger partial charge is 0.398 e. The summed E-state index contributed by atoms with van der Waals surface area (Å²) in [4.78, 5) is 13.5. The molecule has 4 nitrogen and oxygen atoms in total. The molecule has 0 fully saturated rings. The number of hydrogen-bond donors (Lipinski definition) is 1. The molecule has 1 aromatic rings. The second-order valence-electron chi connectivity index (χ2n) is 3.58. The van der Waals surface area contributed by atoms with Gasteiger partial charge in [0, 0.05) is 24.3 Å². The van der Waals surface area contributed by atoms with Crippen LogP contribution < -0.4 is 5.73 Å². The van der Waals surface area contributed by atoms with Gasteiger partial charge in [0.05, 0.1) is 15.7 Å². The first-order valence-electron chi connectivity index (χ1n) is 5.13. The molecule has 1 aromatic carbocycles. The Kier molecular flexibility index (Phi) is 4.96. The van der Waals surface area contributed by atoms with Gasteiger partial charge < -0.3 is 10.6 Å². The Morgan fingerprint density at radius 3 is 2.76 bits per heavy atom. The zero-order valence-electron chi connectivity index (χ0n) is 9.77. The van der Waals surface area contributed by atoms with Crippen molar-refractivity contribution in [3.8, 4) is 0 Å². The van der Waals surface area contributed by atoms with E-state index in [1.54, 1.807) is 19.2 Å². The molecule has 0 aliphatic carbocycles. The molecule has 0 radical (unpaired) electrons. The Hall–Kier alpha value is -1.07. The van der Waals surface area contributed by atoms with E-state index >= 15 is 0 Å². The topological polar surface area (TPSA) is 63.4 Å². The monoisotopic (exact) mass is 274 g/mol. The summed E-state index contributed by atoms with van der Waals surface area (Å²) in [7, 11) is 0.209. The predicted molar refractivity (Wildman–Crippen MR) is 70.5 cm³/mol. The highest BCUT2D eigenvalue weighted by atomic mass is 35.5. The number of amides is 1. The van der Waals surface area contributed by atoms with Gasteiger partial charge in [0.1, 0.15) is 5.75 Å². The molecule has 0 bridgehead atoms. The van der Waals surface area contributed by atoms with Crippen LogP contribution in [0.4, 0.5) is 5.69 Å². The van der Waals surface area contributed by atoms with Crippen LogP contribution in [0.15, 0.2) is 23.1 Å². The molecule has 1 atom stereocenters. The number of nitrogens with zero attached hydrogens (tertiary/aromatic N) is 1. The normalized spacial score (nSPS) is 12.2. The molecule has 0 aliphatic rings. The number of rotatable bonds is 4. The van der Waals surface area contributed by atoms with E-state index in [2.05, 4.69) is 0 Å². The van der Waals surface area contributed by atoms with Gasteiger partial charge in [-0.25, -0.2) is 0 Å². The number of benzene rings is 1. The summed E-state index contributed by atoms with van der Waals surface area (Å²) >= 11 is 5.80. The smallest absolute Gasteiger partial charge is 0.235 e. The molecular formula is C11H15ClN2O2S. The van der Waals surface area contributed by atoms with Gasteiger partial charge in [-0.3, -0.25) is 9.00 Å². The van der Waals surface area contributed by atoms with Gasteiger partial charge in [-0.15, -0.1) is 0 Å². The van der Waals surface area contributed by atoms with Crippen LogP contribution >= 0.6 is 11.6 Å². The maximum atomic E-state index is 12.0. The van der Waals surface area contributed by atoms with Crippen molar-refractivity contribution in [3.05, 3.63) is 23.2 Å². The van der Waals surface area contributed by atoms with Crippen molar-refractivity contribution < 1.29 is 9.00 Å². The van der Waals surface area contributed by atoms with Crippen LogP contribution in [-0.4, -0.2) is 34.4 Å². The van der Waals surface area contributed by atoms with Crippen molar-refractivity contribution in [1.82, 2.24) is 4.90 Å². The molecule has 0 heterocycles. The quantitative estimate of drug-likeness (QED) is 0.847. The van der Waals surface area contributed by atoms with Crippen molar-refractivity contribution >= 4 is 34.0 Å². The summed E-state index contributed by atoms with van der Waals surface area (Å²) in [5.74, 6) is -0.250. The first kappa shape index (κ1) is 14.0. The molecule has 2 N–H and O–H groups in total. The highest BCUT2D eigenvalue weighted by molar-refractivity contribution is 7.86. The first-order chi connectivity index (χ1) is 7.95. The second kappa shape index (κ2) is 6.02. The lowest BCUT2D eigenvalue weighted by Crippen LogP contribution is -2.30. The summed E-state index contributed by atoms with van der Waals surface area (Å²) in [6, 6.07) is 4.74. The lowest BCUT2D eigenvalue weighted by atomic mass is 10.3. The van der Waals surface area contributed by atoms with Crippen molar-refractivity contribution in [1.29, 1.82) is 0 Å². The SMILES string of the molecule is CCN(C)C(=O)CS(=O)c1cc(Cl)ccc1N. The van der Waals surface area contributed by atoms with E-state index in [-0.39, 0.29) is 11.7 Å². The van der Waals surface area contributed by atoms with E-state index in [9.17, 15) is 9.00 Å². The van der Waals surface area contributed by atoms with E-state index in [1.807, 2.05) is 6.92 Å². The number of carbonyl (C=O) groups is 1. The maximum absolute atomic E-state index is 12.0.